The van der Waals surface area contributed by atoms with Crippen LogP contribution in [0.2, 0.25) is 0 Å². The molecule has 0 atom stereocenters. The molecule has 2 aromatic carbocycles. The number of benzene rings is 2. The molecule has 1 amide bonds. The molecule has 104 valence electrons. The van der Waals surface area contributed by atoms with Gasteiger partial charge in [0.15, 0.2) is 6.61 Å². The third-order valence-corrected chi connectivity index (χ3v) is 3.20. The van der Waals surface area contributed by atoms with E-state index in [9.17, 15) is 4.79 Å². The Balaban J connectivity index is 1.98. The van der Waals surface area contributed by atoms with Crippen LogP contribution < -0.4 is 9.64 Å². The number of nitrogens with zero attached hydrogens (tertiary/aromatic N) is 1. The van der Waals surface area contributed by atoms with Crippen LogP contribution in [-0.4, -0.2) is 19.6 Å². The summed E-state index contributed by atoms with van der Waals surface area (Å²) in [6, 6.07) is 15.5. The second-order valence-corrected chi connectivity index (χ2v) is 4.85. The van der Waals surface area contributed by atoms with Gasteiger partial charge in [-0.15, -0.1) is 0 Å². The van der Waals surface area contributed by atoms with E-state index in [4.69, 9.17) is 4.74 Å². The van der Waals surface area contributed by atoms with Gasteiger partial charge in [-0.05, 0) is 37.6 Å². The Kier molecular flexibility index (Phi) is 4.41. The van der Waals surface area contributed by atoms with E-state index in [1.54, 1.807) is 11.9 Å². The lowest BCUT2D eigenvalue weighted by Crippen LogP contribution is -2.31. The Morgan fingerprint density at radius 3 is 2.45 bits per heavy atom. The van der Waals surface area contributed by atoms with Gasteiger partial charge in [-0.25, -0.2) is 0 Å². The zero-order valence-corrected chi connectivity index (χ0v) is 12.1. The number of likely N-dealkylation sites (N-methyl/N-ethyl adjacent to an activating group) is 1. The summed E-state index contributed by atoms with van der Waals surface area (Å²) in [5.41, 5.74) is 3.09. The number of aryl methyl sites for hydroxylation is 2. The van der Waals surface area contributed by atoms with Crippen molar-refractivity contribution in [3.05, 3.63) is 59.7 Å². The van der Waals surface area contributed by atoms with E-state index in [0.29, 0.717) is 0 Å². The Bertz CT molecular complexity index is 593. The van der Waals surface area contributed by atoms with Crippen molar-refractivity contribution in [1.29, 1.82) is 0 Å². The number of para-hydroxylation sites is 1. The first-order chi connectivity index (χ1) is 9.58. The normalized spacial score (nSPS) is 10.2. The van der Waals surface area contributed by atoms with Gasteiger partial charge in [0, 0.05) is 12.7 Å². The fraction of sp³-hybridized carbons (Fsp3) is 0.235. The largest absolute Gasteiger partial charge is 0.483 e. The molecular weight excluding hydrogens is 250 g/mol. The average molecular weight is 269 g/mol. The minimum Gasteiger partial charge on any atom is -0.483 e. The standard InChI is InChI=1S/C17H19NO2/c1-13-9-10-16(14(2)11-13)20-12-17(19)18(3)15-7-5-4-6-8-15/h4-11H,12H2,1-3H3. The Labute approximate surface area is 119 Å². The van der Waals surface area contributed by atoms with Crippen molar-refractivity contribution in [1.82, 2.24) is 0 Å². The number of amides is 1. The third kappa shape index (κ3) is 3.38. The van der Waals surface area contributed by atoms with Crippen molar-refractivity contribution in [3.63, 3.8) is 0 Å². The molecule has 20 heavy (non-hydrogen) atoms. The molecule has 0 N–H and O–H groups in total. The predicted molar refractivity (Wildman–Crippen MR) is 81.3 cm³/mol. The highest BCUT2D eigenvalue weighted by Gasteiger charge is 2.11. The molecule has 0 fully saturated rings. The Morgan fingerprint density at radius 2 is 1.80 bits per heavy atom. The van der Waals surface area contributed by atoms with E-state index in [1.165, 1.54) is 5.56 Å². The first-order valence-corrected chi connectivity index (χ1v) is 6.59. The van der Waals surface area contributed by atoms with Gasteiger partial charge < -0.3 is 9.64 Å². The molecular formula is C17H19NO2. The van der Waals surface area contributed by atoms with Crippen LogP contribution in [0, 0.1) is 13.8 Å². The predicted octanol–water partition coefficient (Wildman–Crippen LogP) is 3.35. The summed E-state index contributed by atoms with van der Waals surface area (Å²) in [6.07, 6.45) is 0. The fourth-order valence-corrected chi connectivity index (χ4v) is 1.99. The lowest BCUT2D eigenvalue weighted by Gasteiger charge is -2.18. The number of hydrogen-bond donors (Lipinski definition) is 0. The van der Waals surface area contributed by atoms with Crippen molar-refractivity contribution in [3.8, 4) is 5.75 Å². The molecule has 3 heteroatoms. The molecule has 0 unspecified atom stereocenters. The van der Waals surface area contributed by atoms with Crippen molar-refractivity contribution in [2.24, 2.45) is 0 Å². The summed E-state index contributed by atoms with van der Waals surface area (Å²) in [7, 11) is 1.75. The lowest BCUT2D eigenvalue weighted by molar-refractivity contribution is -0.120. The summed E-state index contributed by atoms with van der Waals surface area (Å²) in [4.78, 5) is 13.7. The molecule has 0 saturated heterocycles. The first kappa shape index (κ1) is 14.1. The van der Waals surface area contributed by atoms with E-state index in [1.807, 2.05) is 62.4 Å². The SMILES string of the molecule is Cc1ccc(OCC(=O)N(C)c2ccccc2)c(C)c1. The van der Waals surface area contributed by atoms with Gasteiger partial charge in [-0.1, -0.05) is 35.9 Å². The lowest BCUT2D eigenvalue weighted by atomic mass is 10.1. The van der Waals surface area contributed by atoms with Crippen LogP contribution in [0.4, 0.5) is 5.69 Å². The molecule has 0 aliphatic carbocycles. The Morgan fingerprint density at radius 1 is 1.10 bits per heavy atom. The summed E-state index contributed by atoms with van der Waals surface area (Å²) in [5, 5.41) is 0. The highest BCUT2D eigenvalue weighted by Crippen LogP contribution is 2.19. The van der Waals surface area contributed by atoms with Crippen LogP contribution in [-0.2, 0) is 4.79 Å². The van der Waals surface area contributed by atoms with E-state index in [2.05, 4.69) is 0 Å². The van der Waals surface area contributed by atoms with Crippen molar-refractivity contribution in [2.75, 3.05) is 18.6 Å². The van der Waals surface area contributed by atoms with Gasteiger partial charge in [0.05, 0.1) is 0 Å². The molecule has 2 rings (SSSR count). The second-order valence-electron chi connectivity index (χ2n) is 4.85. The maximum absolute atomic E-state index is 12.1. The van der Waals surface area contributed by atoms with E-state index in [-0.39, 0.29) is 12.5 Å². The monoisotopic (exact) mass is 269 g/mol. The fourth-order valence-electron chi connectivity index (χ4n) is 1.99. The number of anilines is 1. The molecule has 0 saturated carbocycles. The van der Waals surface area contributed by atoms with E-state index < -0.39 is 0 Å². The molecule has 3 nitrogen and oxygen atoms in total. The average Bonchev–Trinajstić information content (AvgIpc) is 2.46. The number of hydrogen-bond acceptors (Lipinski definition) is 2. The highest BCUT2D eigenvalue weighted by atomic mass is 16.5. The zero-order valence-electron chi connectivity index (χ0n) is 12.1. The van der Waals surface area contributed by atoms with Crippen LogP contribution in [0.3, 0.4) is 0 Å². The molecule has 2 aromatic rings. The van der Waals surface area contributed by atoms with Crippen molar-refractivity contribution >= 4 is 11.6 Å². The van der Waals surface area contributed by atoms with Crippen LogP contribution in [0.15, 0.2) is 48.5 Å². The van der Waals surface area contributed by atoms with Crippen LogP contribution in [0.25, 0.3) is 0 Å². The number of ether oxygens (including phenoxy) is 1. The van der Waals surface area contributed by atoms with Crippen LogP contribution in [0.1, 0.15) is 11.1 Å². The van der Waals surface area contributed by atoms with Gasteiger partial charge in [0.25, 0.3) is 5.91 Å². The van der Waals surface area contributed by atoms with Gasteiger partial charge >= 0.3 is 0 Å². The number of carbonyl (C=O) groups is 1. The molecule has 0 heterocycles. The Hall–Kier alpha value is -2.29. The summed E-state index contributed by atoms with van der Waals surface area (Å²) in [6.45, 7) is 4.05. The van der Waals surface area contributed by atoms with Crippen LogP contribution in [0.5, 0.6) is 5.75 Å². The minimum absolute atomic E-state index is 0.0370. The van der Waals surface area contributed by atoms with Gasteiger partial charge in [-0.3, -0.25) is 4.79 Å². The molecule has 0 aliphatic rings. The molecule has 0 bridgehead atoms. The smallest absolute Gasteiger partial charge is 0.264 e. The van der Waals surface area contributed by atoms with Gasteiger partial charge in [0.2, 0.25) is 0 Å². The van der Waals surface area contributed by atoms with Gasteiger partial charge in [0.1, 0.15) is 5.75 Å². The summed E-state index contributed by atoms with van der Waals surface area (Å²) < 4.78 is 5.60. The van der Waals surface area contributed by atoms with Crippen molar-refractivity contribution in [2.45, 2.75) is 13.8 Å². The molecule has 0 spiro atoms. The van der Waals surface area contributed by atoms with Crippen molar-refractivity contribution < 1.29 is 9.53 Å². The summed E-state index contributed by atoms with van der Waals surface area (Å²) >= 11 is 0. The number of rotatable bonds is 4. The quantitative estimate of drug-likeness (QED) is 0.852. The molecule has 0 radical (unpaired) electrons. The number of carbonyl (C=O) groups excluding carboxylic acids is 1. The molecule has 0 aromatic heterocycles. The highest BCUT2D eigenvalue weighted by molar-refractivity contribution is 5.93. The van der Waals surface area contributed by atoms with E-state index in [0.717, 1.165) is 17.0 Å². The first-order valence-electron chi connectivity index (χ1n) is 6.59. The molecule has 0 aliphatic heterocycles. The topological polar surface area (TPSA) is 29.5 Å². The second kappa shape index (κ2) is 6.24. The maximum atomic E-state index is 12.1. The van der Waals surface area contributed by atoms with E-state index >= 15 is 0 Å². The van der Waals surface area contributed by atoms with Crippen LogP contribution >= 0.6 is 0 Å². The minimum atomic E-state index is -0.0730. The summed E-state index contributed by atoms with van der Waals surface area (Å²) in [5.74, 6) is 0.682. The van der Waals surface area contributed by atoms with Gasteiger partial charge in [-0.2, -0.15) is 0 Å². The maximum Gasteiger partial charge on any atom is 0.264 e. The zero-order chi connectivity index (χ0) is 14.5. The third-order valence-electron chi connectivity index (χ3n) is 3.20.